The number of nitrogens with zero attached hydrogens (tertiary/aromatic N) is 1. The summed E-state index contributed by atoms with van der Waals surface area (Å²) in [5, 5.41) is 8.49. The lowest BCUT2D eigenvalue weighted by Gasteiger charge is -2.20. The van der Waals surface area contributed by atoms with Gasteiger partial charge in [0.25, 0.3) is 0 Å². The molecule has 1 aliphatic heterocycles. The number of aliphatic carboxylic acids is 1. The van der Waals surface area contributed by atoms with Gasteiger partial charge in [0.2, 0.25) is 0 Å². The molecular formula is C11H21NO2. The highest BCUT2D eigenvalue weighted by Gasteiger charge is 2.24. The number of unbranched alkanes of at least 4 members (excludes halogenated alkanes) is 1. The quantitative estimate of drug-likeness (QED) is 0.688. The predicted molar refractivity (Wildman–Crippen MR) is 56.3 cm³/mol. The Morgan fingerprint density at radius 2 is 2.14 bits per heavy atom. The molecule has 1 rings (SSSR count). The van der Waals surface area contributed by atoms with E-state index in [4.69, 9.17) is 5.11 Å². The van der Waals surface area contributed by atoms with Crippen molar-refractivity contribution in [3.63, 3.8) is 0 Å². The molecule has 1 fully saturated rings. The van der Waals surface area contributed by atoms with Crippen molar-refractivity contribution in [2.24, 2.45) is 5.92 Å². The Morgan fingerprint density at radius 1 is 1.43 bits per heavy atom. The molecule has 14 heavy (non-hydrogen) atoms. The Kier molecular flexibility index (Phi) is 4.39. The third kappa shape index (κ3) is 3.66. The van der Waals surface area contributed by atoms with Crippen LogP contribution in [0, 0.1) is 5.92 Å². The van der Waals surface area contributed by atoms with Gasteiger partial charge in [0.05, 0.1) is 0 Å². The molecule has 1 aliphatic rings. The van der Waals surface area contributed by atoms with Crippen LogP contribution >= 0.6 is 0 Å². The molecule has 3 nitrogen and oxygen atoms in total. The van der Waals surface area contributed by atoms with Crippen LogP contribution in [0.25, 0.3) is 0 Å². The zero-order chi connectivity index (χ0) is 10.6. The lowest BCUT2D eigenvalue weighted by molar-refractivity contribution is -0.137. The van der Waals surface area contributed by atoms with Gasteiger partial charge in [-0.1, -0.05) is 6.92 Å². The molecule has 1 heterocycles. The first kappa shape index (κ1) is 11.5. The minimum atomic E-state index is -0.673. The van der Waals surface area contributed by atoms with Crippen LogP contribution in [0.4, 0.5) is 0 Å². The SMILES string of the molecule is CC1CC(C)N(CCCCC(=O)O)C1. The first-order valence-corrected chi connectivity index (χ1v) is 5.55. The smallest absolute Gasteiger partial charge is 0.303 e. The average Bonchev–Trinajstić information content (AvgIpc) is 2.39. The highest BCUT2D eigenvalue weighted by molar-refractivity contribution is 5.66. The molecule has 0 aliphatic carbocycles. The molecule has 2 atom stereocenters. The topological polar surface area (TPSA) is 40.5 Å². The lowest BCUT2D eigenvalue weighted by Crippen LogP contribution is -2.28. The van der Waals surface area contributed by atoms with E-state index in [1.807, 2.05) is 0 Å². The van der Waals surface area contributed by atoms with Crippen LogP contribution in [0.5, 0.6) is 0 Å². The Bertz CT molecular complexity index is 194. The van der Waals surface area contributed by atoms with Gasteiger partial charge in [-0.25, -0.2) is 0 Å². The summed E-state index contributed by atoms with van der Waals surface area (Å²) in [6.45, 7) is 6.81. The van der Waals surface area contributed by atoms with E-state index in [-0.39, 0.29) is 0 Å². The highest BCUT2D eigenvalue weighted by atomic mass is 16.4. The summed E-state index contributed by atoms with van der Waals surface area (Å²) in [5.41, 5.74) is 0. The van der Waals surface area contributed by atoms with Gasteiger partial charge in [-0.05, 0) is 38.6 Å². The van der Waals surface area contributed by atoms with Crippen molar-refractivity contribution in [2.75, 3.05) is 13.1 Å². The van der Waals surface area contributed by atoms with Crippen molar-refractivity contribution in [3.8, 4) is 0 Å². The van der Waals surface area contributed by atoms with Crippen LogP contribution in [0.1, 0.15) is 39.5 Å². The van der Waals surface area contributed by atoms with Crippen molar-refractivity contribution >= 4 is 5.97 Å². The zero-order valence-electron chi connectivity index (χ0n) is 9.20. The first-order valence-electron chi connectivity index (χ1n) is 5.55. The van der Waals surface area contributed by atoms with Crippen LogP contribution in [0.15, 0.2) is 0 Å². The van der Waals surface area contributed by atoms with Crippen molar-refractivity contribution < 1.29 is 9.90 Å². The molecule has 82 valence electrons. The highest BCUT2D eigenvalue weighted by Crippen LogP contribution is 2.22. The predicted octanol–water partition coefficient (Wildman–Crippen LogP) is 1.97. The fourth-order valence-electron chi connectivity index (χ4n) is 2.29. The average molecular weight is 199 g/mol. The van der Waals surface area contributed by atoms with Crippen molar-refractivity contribution in [3.05, 3.63) is 0 Å². The van der Waals surface area contributed by atoms with Crippen molar-refractivity contribution in [1.29, 1.82) is 0 Å². The van der Waals surface area contributed by atoms with Gasteiger partial charge >= 0.3 is 5.97 Å². The molecular weight excluding hydrogens is 178 g/mol. The molecule has 1 saturated heterocycles. The third-order valence-corrected chi connectivity index (χ3v) is 3.00. The van der Waals surface area contributed by atoms with Crippen LogP contribution in [0.3, 0.4) is 0 Å². The molecule has 0 bridgehead atoms. The number of likely N-dealkylation sites (tertiary alicyclic amines) is 1. The van der Waals surface area contributed by atoms with Gasteiger partial charge in [0, 0.05) is 19.0 Å². The van der Waals surface area contributed by atoms with Gasteiger partial charge in [0.15, 0.2) is 0 Å². The fourth-order valence-corrected chi connectivity index (χ4v) is 2.29. The maximum atomic E-state index is 10.3. The molecule has 1 N–H and O–H groups in total. The van der Waals surface area contributed by atoms with Crippen molar-refractivity contribution in [2.45, 2.75) is 45.6 Å². The molecule has 0 aromatic rings. The summed E-state index contributed by atoms with van der Waals surface area (Å²) < 4.78 is 0. The summed E-state index contributed by atoms with van der Waals surface area (Å²) >= 11 is 0. The van der Waals surface area contributed by atoms with Crippen LogP contribution < -0.4 is 0 Å². The largest absolute Gasteiger partial charge is 0.481 e. The Labute approximate surface area is 86.1 Å². The van der Waals surface area contributed by atoms with E-state index in [9.17, 15) is 4.79 Å². The van der Waals surface area contributed by atoms with E-state index < -0.39 is 5.97 Å². The van der Waals surface area contributed by atoms with Gasteiger partial charge in [0.1, 0.15) is 0 Å². The van der Waals surface area contributed by atoms with Crippen LogP contribution in [-0.2, 0) is 4.79 Å². The second-order valence-electron chi connectivity index (χ2n) is 4.54. The molecule has 0 aromatic carbocycles. The standard InChI is InChI=1S/C11H21NO2/c1-9-7-10(2)12(8-9)6-4-3-5-11(13)14/h9-10H,3-8H2,1-2H3,(H,13,14). The van der Waals surface area contributed by atoms with Crippen molar-refractivity contribution in [1.82, 2.24) is 4.90 Å². The zero-order valence-corrected chi connectivity index (χ0v) is 9.20. The van der Waals surface area contributed by atoms with E-state index in [0.29, 0.717) is 12.5 Å². The maximum absolute atomic E-state index is 10.3. The monoisotopic (exact) mass is 199 g/mol. The van der Waals surface area contributed by atoms with Gasteiger partial charge in [-0.15, -0.1) is 0 Å². The first-order chi connectivity index (χ1) is 6.59. The van der Waals surface area contributed by atoms with Crippen LogP contribution in [0.2, 0.25) is 0 Å². The minimum absolute atomic E-state index is 0.317. The Morgan fingerprint density at radius 3 is 2.64 bits per heavy atom. The number of rotatable bonds is 5. The molecule has 3 heteroatoms. The third-order valence-electron chi connectivity index (χ3n) is 3.00. The summed E-state index contributed by atoms with van der Waals surface area (Å²) in [4.78, 5) is 12.8. The molecule has 2 unspecified atom stereocenters. The summed E-state index contributed by atoms with van der Waals surface area (Å²) in [5.74, 6) is 0.136. The Balaban J connectivity index is 2.09. The normalized spacial score (nSPS) is 28.1. The van der Waals surface area contributed by atoms with E-state index in [1.165, 1.54) is 13.0 Å². The summed E-state index contributed by atoms with van der Waals surface area (Å²) in [6.07, 6.45) is 3.44. The molecule has 0 aromatic heterocycles. The van der Waals surface area contributed by atoms with Crippen LogP contribution in [-0.4, -0.2) is 35.1 Å². The van der Waals surface area contributed by atoms with E-state index >= 15 is 0 Å². The van der Waals surface area contributed by atoms with E-state index in [1.54, 1.807) is 0 Å². The molecule has 0 radical (unpaired) electrons. The maximum Gasteiger partial charge on any atom is 0.303 e. The second kappa shape index (κ2) is 5.35. The van der Waals surface area contributed by atoms with Gasteiger partial charge in [-0.3, -0.25) is 4.79 Å². The number of carbonyl (C=O) groups is 1. The molecule has 0 saturated carbocycles. The number of carboxylic acids is 1. The summed E-state index contributed by atoms with van der Waals surface area (Å²) in [7, 11) is 0. The fraction of sp³-hybridized carbons (Fsp3) is 0.909. The molecule has 0 amide bonds. The lowest BCUT2D eigenvalue weighted by atomic mass is 10.1. The number of hydrogen-bond donors (Lipinski definition) is 1. The number of hydrogen-bond acceptors (Lipinski definition) is 2. The van der Waals surface area contributed by atoms with Gasteiger partial charge < -0.3 is 10.0 Å². The Hall–Kier alpha value is -0.570. The summed E-state index contributed by atoms with van der Waals surface area (Å²) in [6, 6.07) is 0.690. The van der Waals surface area contributed by atoms with E-state index in [2.05, 4.69) is 18.7 Å². The molecule has 0 spiro atoms. The van der Waals surface area contributed by atoms with Gasteiger partial charge in [-0.2, -0.15) is 0 Å². The minimum Gasteiger partial charge on any atom is -0.481 e. The van der Waals surface area contributed by atoms with E-state index in [0.717, 1.165) is 25.3 Å². The second-order valence-corrected chi connectivity index (χ2v) is 4.54. The number of carboxylic acid groups (broad SMARTS) is 1.